The van der Waals surface area contributed by atoms with Gasteiger partial charge >= 0.3 is 0 Å². The number of para-hydroxylation sites is 3. The van der Waals surface area contributed by atoms with Crippen LogP contribution in [0.15, 0.2) is 66.7 Å². The highest BCUT2D eigenvalue weighted by atomic mass is 16.2. The largest absolute Gasteiger partial charge is 0.366 e. The number of benzene rings is 3. The molecule has 5 rings (SSSR count). The highest BCUT2D eigenvalue weighted by Gasteiger charge is 2.13. The SMILES string of the molecule is NC(=O)c1cccc2[nH]c(-c3ccc(C(=O)NCCc4nc5ccccc5[nH]4)cc3)nc12. The van der Waals surface area contributed by atoms with E-state index in [0.29, 0.717) is 35.4 Å². The molecule has 8 heteroatoms. The van der Waals surface area contributed by atoms with Gasteiger partial charge in [0.1, 0.15) is 17.2 Å². The molecule has 2 aromatic heterocycles. The number of carbonyl (C=O) groups is 2. The van der Waals surface area contributed by atoms with Crippen LogP contribution in [-0.2, 0) is 6.42 Å². The molecule has 0 saturated heterocycles. The molecule has 0 spiro atoms. The molecule has 2 heterocycles. The third-order valence-corrected chi connectivity index (χ3v) is 5.28. The number of primary amides is 1. The number of H-pyrrole nitrogens is 2. The van der Waals surface area contributed by atoms with E-state index >= 15 is 0 Å². The maximum absolute atomic E-state index is 12.5. The van der Waals surface area contributed by atoms with E-state index < -0.39 is 5.91 Å². The molecule has 2 amide bonds. The molecule has 0 aliphatic heterocycles. The summed E-state index contributed by atoms with van der Waals surface area (Å²) >= 11 is 0. The Morgan fingerprint density at radius 2 is 1.66 bits per heavy atom. The number of nitrogens with one attached hydrogen (secondary N) is 3. The van der Waals surface area contributed by atoms with Crippen LogP contribution in [0.4, 0.5) is 0 Å². The lowest BCUT2D eigenvalue weighted by atomic mass is 10.1. The van der Waals surface area contributed by atoms with Crippen LogP contribution in [0.25, 0.3) is 33.5 Å². The molecule has 158 valence electrons. The van der Waals surface area contributed by atoms with Gasteiger partial charge in [-0.1, -0.05) is 30.3 Å². The Morgan fingerprint density at radius 1 is 0.875 bits per heavy atom. The van der Waals surface area contributed by atoms with Gasteiger partial charge in [0.2, 0.25) is 0 Å². The van der Waals surface area contributed by atoms with Crippen LogP contribution >= 0.6 is 0 Å². The number of rotatable bonds is 6. The lowest BCUT2D eigenvalue weighted by molar-refractivity contribution is 0.0952. The molecule has 0 aliphatic carbocycles. The van der Waals surface area contributed by atoms with Crippen molar-refractivity contribution in [1.82, 2.24) is 25.3 Å². The third kappa shape index (κ3) is 3.69. The third-order valence-electron chi connectivity index (χ3n) is 5.28. The van der Waals surface area contributed by atoms with Crippen molar-refractivity contribution in [1.29, 1.82) is 0 Å². The van der Waals surface area contributed by atoms with Gasteiger partial charge in [-0.25, -0.2) is 9.97 Å². The molecule has 5 N–H and O–H groups in total. The van der Waals surface area contributed by atoms with Crippen LogP contribution in [0.3, 0.4) is 0 Å². The zero-order valence-electron chi connectivity index (χ0n) is 17.1. The van der Waals surface area contributed by atoms with Gasteiger partial charge in [0.05, 0.1) is 22.1 Å². The van der Waals surface area contributed by atoms with E-state index in [4.69, 9.17) is 5.73 Å². The summed E-state index contributed by atoms with van der Waals surface area (Å²) in [6, 6.07) is 20.2. The first-order valence-corrected chi connectivity index (χ1v) is 10.2. The molecule has 0 radical (unpaired) electrons. The summed E-state index contributed by atoms with van der Waals surface area (Å²) in [5.41, 5.74) is 10.3. The highest BCUT2D eigenvalue weighted by molar-refractivity contribution is 6.04. The number of aromatic amines is 2. The number of amides is 2. The van der Waals surface area contributed by atoms with Crippen LogP contribution < -0.4 is 11.1 Å². The molecule has 3 aromatic carbocycles. The second kappa shape index (κ2) is 7.99. The molecule has 0 unspecified atom stereocenters. The zero-order chi connectivity index (χ0) is 22.1. The number of imidazole rings is 2. The van der Waals surface area contributed by atoms with Crippen molar-refractivity contribution >= 4 is 33.9 Å². The van der Waals surface area contributed by atoms with Gasteiger partial charge in [0.25, 0.3) is 11.8 Å². The van der Waals surface area contributed by atoms with E-state index in [1.165, 1.54) is 0 Å². The van der Waals surface area contributed by atoms with Crippen molar-refractivity contribution < 1.29 is 9.59 Å². The van der Waals surface area contributed by atoms with Crippen LogP contribution in [0.5, 0.6) is 0 Å². The van der Waals surface area contributed by atoms with Gasteiger partial charge in [-0.2, -0.15) is 0 Å². The predicted octanol–water partition coefficient (Wildman–Crippen LogP) is 3.18. The second-order valence-electron chi connectivity index (χ2n) is 7.44. The Hall–Kier alpha value is -4.46. The van der Waals surface area contributed by atoms with Crippen LogP contribution in [0, 0.1) is 0 Å². The fraction of sp³-hybridized carbons (Fsp3) is 0.0833. The van der Waals surface area contributed by atoms with Crippen molar-refractivity contribution in [2.24, 2.45) is 5.73 Å². The summed E-state index contributed by atoms with van der Waals surface area (Å²) in [7, 11) is 0. The fourth-order valence-electron chi connectivity index (χ4n) is 3.67. The van der Waals surface area contributed by atoms with Gasteiger partial charge in [0, 0.05) is 24.1 Å². The number of nitrogens with zero attached hydrogens (tertiary/aromatic N) is 2. The van der Waals surface area contributed by atoms with E-state index in [1.54, 1.807) is 24.3 Å². The Labute approximate surface area is 182 Å². The summed E-state index contributed by atoms with van der Waals surface area (Å²) < 4.78 is 0. The smallest absolute Gasteiger partial charge is 0.251 e. The molecule has 32 heavy (non-hydrogen) atoms. The standard InChI is InChI=1S/C24H20N6O2/c25-22(31)16-4-3-7-19-21(16)30-23(29-19)14-8-10-15(11-9-14)24(32)26-13-12-20-27-17-5-1-2-6-18(17)28-20/h1-11H,12-13H2,(H2,25,31)(H,26,32)(H,27,28)(H,29,30). The number of carbonyl (C=O) groups excluding carboxylic acids is 2. The molecule has 0 bridgehead atoms. The van der Waals surface area contributed by atoms with Crippen molar-refractivity contribution in [2.75, 3.05) is 6.54 Å². The summed E-state index contributed by atoms with van der Waals surface area (Å²) in [6.45, 7) is 0.472. The Kier molecular flexibility index (Phi) is 4.87. The number of hydrogen-bond acceptors (Lipinski definition) is 4. The molecule has 0 atom stereocenters. The maximum atomic E-state index is 12.5. The molecule has 0 saturated carbocycles. The first-order valence-electron chi connectivity index (χ1n) is 10.2. The zero-order valence-corrected chi connectivity index (χ0v) is 17.1. The van der Waals surface area contributed by atoms with Crippen molar-refractivity contribution in [2.45, 2.75) is 6.42 Å². The molecule has 5 aromatic rings. The summed E-state index contributed by atoms with van der Waals surface area (Å²) in [5, 5.41) is 2.92. The van der Waals surface area contributed by atoms with Crippen LogP contribution in [0.1, 0.15) is 26.5 Å². The normalized spacial score (nSPS) is 11.1. The van der Waals surface area contributed by atoms with Gasteiger partial charge < -0.3 is 21.0 Å². The molecule has 0 fully saturated rings. The summed E-state index contributed by atoms with van der Waals surface area (Å²) in [6.07, 6.45) is 0.611. The Morgan fingerprint density at radius 3 is 2.44 bits per heavy atom. The maximum Gasteiger partial charge on any atom is 0.251 e. The lowest BCUT2D eigenvalue weighted by Gasteiger charge is -2.05. The van der Waals surface area contributed by atoms with Crippen LogP contribution in [-0.4, -0.2) is 38.3 Å². The minimum atomic E-state index is -0.525. The monoisotopic (exact) mass is 424 g/mol. The predicted molar refractivity (Wildman–Crippen MR) is 122 cm³/mol. The van der Waals surface area contributed by atoms with Gasteiger partial charge in [-0.05, 0) is 36.4 Å². The molecular weight excluding hydrogens is 404 g/mol. The molecule has 8 nitrogen and oxygen atoms in total. The van der Waals surface area contributed by atoms with E-state index in [0.717, 1.165) is 27.9 Å². The summed E-state index contributed by atoms with van der Waals surface area (Å²) in [5.74, 6) is 0.754. The minimum absolute atomic E-state index is 0.159. The number of fused-ring (bicyclic) bond motifs is 2. The Bertz CT molecular complexity index is 1420. The van der Waals surface area contributed by atoms with Gasteiger partial charge in [-0.15, -0.1) is 0 Å². The van der Waals surface area contributed by atoms with Crippen molar-refractivity contribution in [3.05, 3.63) is 83.7 Å². The quantitative estimate of drug-likeness (QED) is 0.333. The van der Waals surface area contributed by atoms with E-state index in [-0.39, 0.29) is 5.91 Å². The van der Waals surface area contributed by atoms with E-state index in [2.05, 4.69) is 25.3 Å². The molecular formula is C24H20N6O2. The second-order valence-corrected chi connectivity index (χ2v) is 7.44. The topological polar surface area (TPSA) is 130 Å². The van der Waals surface area contributed by atoms with Gasteiger partial charge in [0.15, 0.2) is 0 Å². The lowest BCUT2D eigenvalue weighted by Crippen LogP contribution is -2.25. The van der Waals surface area contributed by atoms with Crippen molar-refractivity contribution in [3.8, 4) is 11.4 Å². The minimum Gasteiger partial charge on any atom is -0.366 e. The average Bonchev–Trinajstić information content (AvgIpc) is 3.42. The first kappa shape index (κ1) is 19.5. The number of hydrogen-bond donors (Lipinski definition) is 4. The summed E-state index contributed by atoms with van der Waals surface area (Å²) in [4.78, 5) is 39.6. The molecule has 0 aliphatic rings. The highest BCUT2D eigenvalue weighted by Crippen LogP contribution is 2.23. The van der Waals surface area contributed by atoms with Gasteiger partial charge in [-0.3, -0.25) is 9.59 Å². The van der Waals surface area contributed by atoms with Crippen LogP contribution in [0.2, 0.25) is 0 Å². The number of aromatic nitrogens is 4. The van der Waals surface area contributed by atoms with E-state index in [9.17, 15) is 9.59 Å². The first-order chi connectivity index (χ1) is 15.6. The van der Waals surface area contributed by atoms with Crippen molar-refractivity contribution in [3.63, 3.8) is 0 Å². The Balaban J connectivity index is 1.26. The number of nitrogens with two attached hydrogens (primary N) is 1. The average molecular weight is 424 g/mol. The van der Waals surface area contributed by atoms with E-state index in [1.807, 2.05) is 42.5 Å². The fourth-order valence-corrected chi connectivity index (χ4v) is 3.67.